The number of rotatable bonds is 6. The number of aromatic carboxylic acids is 1. The first-order valence-electron chi connectivity index (χ1n) is 12.3. The number of carbonyl (C=O) groups is 2. The van der Waals surface area contributed by atoms with Gasteiger partial charge >= 0.3 is 11.9 Å². The molecule has 3 heterocycles. The minimum atomic E-state index is -1.02. The Labute approximate surface area is 228 Å². The largest absolute Gasteiger partial charge is 0.478 e. The van der Waals surface area contributed by atoms with E-state index in [-0.39, 0.29) is 29.7 Å². The maximum atomic E-state index is 13.6. The van der Waals surface area contributed by atoms with Crippen LogP contribution in [0.15, 0.2) is 40.9 Å². The summed E-state index contributed by atoms with van der Waals surface area (Å²) < 4.78 is 11.7. The normalized spacial score (nSPS) is 22.8. The number of carbonyl (C=O) groups excluding carboxylic acids is 1. The highest BCUT2D eigenvalue weighted by molar-refractivity contribution is 6.39. The molecule has 0 radical (unpaired) electrons. The van der Waals surface area contributed by atoms with Gasteiger partial charge in [0.15, 0.2) is 5.76 Å². The number of halogens is 3. The number of hydrogen-bond donors (Lipinski definition) is 1. The second-order valence-corrected chi connectivity index (χ2v) is 11.1. The molecule has 2 bridgehead atoms. The summed E-state index contributed by atoms with van der Waals surface area (Å²) >= 11 is 19.3. The van der Waals surface area contributed by atoms with Crippen molar-refractivity contribution in [1.29, 1.82) is 0 Å². The van der Waals surface area contributed by atoms with Gasteiger partial charge in [0.05, 0.1) is 26.3 Å². The Hall–Kier alpha value is -2.74. The molecule has 3 aliphatic rings. The highest BCUT2D eigenvalue weighted by Gasteiger charge is 2.44. The molecule has 7 nitrogen and oxygen atoms in total. The molecule has 3 atom stereocenters. The first-order valence-corrected chi connectivity index (χ1v) is 13.4. The summed E-state index contributed by atoms with van der Waals surface area (Å²) in [5.74, 6) is -0.824. The van der Waals surface area contributed by atoms with Gasteiger partial charge in [0.25, 0.3) is 0 Å². The molecule has 0 unspecified atom stereocenters. The highest BCUT2D eigenvalue weighted by Crippen LogP contribution is 2.47. The number of esters is 1. The zero-order chi connectivity index (χ0) is 25.8. The number of benzene rings is 2. The number of piperidine rings is 1. The van der Waals surface area contributed by atoms with Gasteiger partial charge in [-0.25, -0.2) is 9.59 Å². The van der Waals surface area contributed by atoms with Gasteiger partial charge in [0, 0.05) is 36.4 Å². The molecule has 10 heteroatoms. The van der Waals surface area contributed by atoms with Crippen molar-refractivity contribution >= 4 is 52.4 Å². The summed E-state index contributed by atoms with van der Waals surface area (Å²) in [6.07, 6.45) is 4.74. The summed E-state index contributed by atoms with van der Waals surface area (Å²) in [5, 5.41) is 14.6. The number of carboxylic acid groups (broad SMARTS) is 1. The van der Waals surface area contributed by atoms with E-state index in [2.05, 4.69) is 10.1 Å². The molecular weight excluding hydrogens is 539 g/mol. The van der Waals surface area contributed by atoms with Crippen molar-refractivity contribution in [2.24, 2.45) is 0 Å². The Balaban J connectivity index is 1.24. The van der Waals surface area contributed by atoms with Crippen LogP contribution < -0.4 is 4.90 Å². The fourth-order valence-electron chi connectivity index (χ4n) is 5.70. The van der Waals surface area contributed by atoms with Gasteiger partial charge in [0.1, 0.15) is 17.4 Å². The van der Waals surface area contributed by atoms with Crippen molar-refractivity contribution in [2.75, 3.05) is 4.90 Å². The van der Waals surface area contributed by atoms with Crippen LogP contribution in [0.2, 0.25) is 15.1 Å². The summed E-state index contributed by atoms with van der Waals surface area (Å²) in [5.41, 5.74) is 2.05. The molecule has 1 N–H and O–H groups in total. The lowest BCUT2D eigenvalue weighted by molar-refractivity contribution is 0.0202. The number of hydrogen-bond acceptors (Lipinski definition) is 6. The maximum Gasteiger partial charge on any atom is 0.344 e. The molecule has 37 heavy (non-hydrogen) atoms. The van der Waals surface area contributed by atoms with Crippen molar-refractivity contribution in [3.63, 3.8) is 0 Å². The van der Waals surface area contributed by atoms with E-state index >= 15 is 0 Å². The Morgan fingerprint density at radius 1 is 0.973 bits per heavy atom. The monoisotopic (exact) mass is 560 g/mol. The lowest BCUT2D eigenvalue weighted by Crippen LogP contribution is -2.46. The Morgan fingerprint density at radius 2 is 1.65 bits per heavy atom. The van der Waals surface area contributed by atoms with Crippen molar-refractivity contribution in [2.45, 2.75) is 62.6 Å². The van der Waals surface area contributed by atoms with Crippen LogP contribution in [0.5, 0.6) is 0 Å². The Kier molecular flexibility index (Phi) is 6.33. The molecule has 2 aromatic carbocycles. The van der Waals surface area contributed by atoms with Crippen molar-refractivity contribution in [1.82, 2.24) is 5.16 Å². The van der Waals surface area contributed by atoms with E-state index in [1.165, 1.54) is 6.07 Å². The van der Waals surface area contributed by atoms with Crippen molar-refractivity contribution < 1.29 is 24.0 Å². The zero-order valence-corrected chi connectivity index (χ0v) is 21.9. The number of fused-ring (bicyclic) bond motifs is 2. The molecule has 3 aromatic rings. The SMILES string of the molecule is O=C(O)c1ccc(N2[C@@H]3CC[C@H]2C[C@H](OC(=O)c2c(-c4c(Cl)cccc4Cl)noc2C2CC2)C3)c(Cl)c1. The molecule has 0 spiro atoms. The van der Waals surface area contributed by atoms with Crippen LogP contribution >= 0.6 is 34.8 Å². The number of ether oxygens (including phenoxy) is 1. The fraction of sp³-hybridized carbons (Fsp3) is 0.370. The van der Waals surface area contributed by atoms with Gasteiger partial charge in [0.2, 0.25) is 0 Å². The summed E-state index contributed by atoms with van der Waals surface area (Å²) in [7, 11) is 0. The van der Waals surface area contributed by atoms with Gasteiger partial charge in [-0.15, -0.1) is 0 Å². The summed E-state index contributed by atoms with van der Waals surface area (Å²) in [6.45, 7) is 0. The van der Waals surface area contributed by atoms with Gasteiger partial charge < -0.3 is 19.3 Å². The van der Waals surface area contributed by atoms with Crippen LogP contribution in [0.4, 0.5) is 5.69 Å². The molecular formula is C27H23Cl3N2O5. The van der Waals surface area contributed by atoms with Crippen LogP contribution in [-0.2, 0) is 4.74 Å². The van der Waals surface area contributed by atoms with E-state index in [0.717, 1.165) is 31.4 Å². The quantitative estimate of drug-likeness (QED) is 0.317. The Bertz CT molecular complexity index is 1370. The number of anilines is 1. The second kappa shape index (κ2) is 9.53. The molecule has 0 amide bonds. The third kappa shape index (κ3) is 4.47. The lowest BCUT2D eigenvalue weighted by Gasteiger charge is -2.40. The standard InChI is InChI=1S/C27H23Cl3N2O5/c28-18-2-1-3-19(29)22(18)24-23(25(37-31-24)13-4-5-13)27(35)36-17-11-15-7-8-16(12-17)32(15)21-9-6-14(26(33)34)10-20(21)30/h1-3,6,9-10,13,15-17H,4-5,7-8,11-12H2,(H,33,34)/t15-,16+,17-. The van der Waals surface area contributed by atoms with E-state index in [4.69, 9.17) is 44.1 Å². The highest BCUT2D eigenvalue weighted by atomic mass is 35.5. The van der Waals surface area contributed by atoms with Gasteiger partial charge in [-0.05, 0) is 56.0 Å². The molecule has 6 rings (SSSR count). The van der Waals surface area contributed by atoms with E-state index in [9.17, 15) is 14.7 Å². The van der Waals surface area contributed by atoms with Crippen LogP contribution in [0.1, 0.15) is 70.9 Å². The fourth-order valence-corrected chi connectivity index (χ4v) is 6.55. The molecule has 1 saturated carbocycles. The zero-order valence-electron chi connectivity index (χ0n) is 19.6. The van der Waals surface area contributed by atoms with Crippen LogP contribution in [0.3, 0.4) is 0 Å². The topological polar surface area (TPSA) is 92.9 Å². The molecule has 2 saturated heterocycles. The average Bonchev–Trinajstić information content (AvgIpc) is 3.55. The summed E-state index contributed by atoms with van der Waals surface area (Å²) in [6, 6.07) is 10.2. The van der Waals surface area contributed by atoms with Crippen LogP contribution in [0.25, 0.3) is 11.3 Å². The van der Waals surface area contributed by atoms with E-state index in [1.807, 2.05) is 0 Å². The predicted octanol–water partition coefficient (Wildman–Crippen LogP) is 7.23. The van der Waals surface area contributed by atoms with E-state index < -0.39 is 11.9 Å². The lowest BCUT2D eigenvalue weighted by atomic mass is 9.98. The maximum absolute atomic E-state index is 13.6. The van der Waals surface area contributed by atoms with Crippen molar-refractivity contribution in [3.05, 3.63) is 68.4 Å². The summed E-state index contributed by atoms with van der Waals surface area (Å²) in [4.78, 5) is 27.1. The van der Waals surface area contributed by atoms with Gasteiger partial charge in [-0.1, -0.05) is 46.0 Å². The smallest absolute Gasteiger partial charge is 0.344 e. The molecule has 192 valence electrons. The third-order valence-electron chi connectivity index (χ3n) is 7.51. The predicted molar refractivity (Wildman–Crippen MR) is 140 cm³/mol. The van der Waals surface area contributed by atoms with Crippen LogP contribution in [-0.4, -0.2) is 40.4 Å². The number of aromatic nitrogens is 1. The second-order valence-electron chi connectivity index (χ2n) is 9.90. The van der Waals surface area contributed by atoms with Crippen molar-refractivity contribution in [3.8, 4) is 11.3 Å². The molecule has 2 aliphatic heterocycles. The molecule has 1 aromatic heterocycles. The number of carboxylic acids is 1. The molecule has 3 fully saturated rings. The first kappa shape index (κ1) is 24.6. The Morgan fingerprint density at radius 3 is 2.24 bits per heavy atom. The van der Waals surface area contributed by atoms with Crippen LogP contribution in [0, 0.1) is 0 Å². The van der Waals surface area contributed by atoms with Gasteiger partial charge in [-0.3, -0.25) is 0 Å². The van der Waals surface area contributed by atoms with Gasteiger partial charge in [-0.2, -0.15) is 0 Å². The number of nitrogens with zero attached hydrogens (tertiary/aromatic N) is 2. The minimum Gasteiger partial charge on any atom is -0.478 e. The molecule has 1 aliphatic carbocycles. The third-order valence-corrected chi connectivity index (χ3v) is 8.44. The van der Waals surface area contributed by atoms with E-state index in [1.54, 1.807) is 30.3 Å². The van der Waals surface area contributed by atoms with E-state index in [0.29, 0.717) is 50.5 Å². The minimum absolute atomic E-state index is 0.132. The first-order chi connectivity index (χ1) is 17.8. The average molecular weight is 562 g/mol.